The lowest BCUT2D eigenvalue weighted by molar-refractivity contribution is 0.100. The molecule has 1 aliphatic heterocycles. The third-order valence-electron chi connectivity index (χ3n) is 4.67. The lowest BCUT2D eigenvalue weighted by atomic mass is 10.1. The highest BCUT2D eigenvalue weighted by Crippen LogP contribution is 2.28. The maximum atomic E-state index is 13.6. The molecule has 3 aromatic rings. The maximum absolute atomic E-state index is 13.6. The zero-order valence-electron chi connectivity index (χ0n) is 14.3. The summed E-state index contributed by atoms with van der Waals surface area (Å²) in [4.78, 5) is 22.2. The van der Waals surface area contributed by atoms with E-state index in [9.17, 15) is 9.18 Å². The summed E-state index contributed by atoms with van der Waals surface area (Å²) in [5.74, 6) is -0.234. The molecule has 1 saturated heterocycles. The van der Waals surface area contributed by atoms with E-state index in [-0.39, 0.29) is 11.9 Å². The van der Waals surface area contributed by atoms with Gasteiger partial charge in [0.15, 0.2) is 0 Å². The quantitative estimate of drug-likeness (QED) is 0.720. The highest BCUT2D eigenvalue weighted by molar-refractivity contribution is 6.30. The monoisotopic (exact) mass is 385 g/mol. The van der Waals surface area contributed by atoms with Gasteiger partial charge in [-0.15, -0.1) is 0 Å². The van der Waals surface area contributed by atoms with Crippen molar-refractivity contribution in [3.8, 4) is 0 Å². The molecule has 0 spiro atoms. The van der Waals surface area contributed by atoms with Gasteiger partial charge in [-0.3, -0.25) is 4.79 Å². The van der Waals surface area contributed by atoms with Crippen LogP contribution in [0, 0.1) is 5.82 Å². The van der Waals surface area contributed by atoms with Gasteiger partial charge in [0, 0.05) is 35.2 Å². The van der Waals surface area contributed by atoms with Crippen molar-refractivity contribution in [3.05, 3.63) is 59.1 Å². The van der Waals surface area contributed by atoms with Gasteiger partial charge in [-0.05, 0) is 36.8 Å². The van der Waals surface area contributed by atoms with Gasteiger partial charge in [0.1, 0.15) is 18.0 Å². The van der Waals surface area contributed by atoms with Gasteiger partial charge in [-0.1, -0.05) is 17.7 Å². The van der Waals surface area contributed by atoms with Gasteiger partial charge in [-0.25, -0.2) is 14.4 Å². The Morgan fingerprint density at radius 1 is 1.30 bits per heavy atom. The van der Waals surface area contributed by atoms with Crippen molar-refractivity contribution < 1.29 is 9.18 Å². The minimum absolute atomic E-state index is 0.113. The number of hydrogen-bond donors (Lipinski definition) is 2. The van der Waals surface area contributed by atoms with Crippen LogP contribution in [0.15, 0.2) is 42.7 Å². The molecule has 27 heavy (non-hydrogen) atoms. The molecule has 1 atom stereocenters. The summed E-state index contributed by atoms with van der Waals surface area (Å²) in [6.45, 7) is 1.45. The standard InChI is InChI=1S/C19H17ClFN5O/c20-11-6-12(21)8-14(7-11)26-5-4-13(9-26)25-19-16-3-1-2-15(18(22)27)17(16)23-10-24-19/h1-3,6-8,10,13H,4-5,9H2,(H2,22,27)(H,23,24,25). The fourth-order valence-electron chi connectivity index (χ4n) is 3.43. The van der Waals surface area contributed by atoms with E-state index in [4.69, 9.17) is 17.3 Å². The Balaban J connectivity index is 1.57. The predicted molar refractivity (Wildman–Crippen MR) is 104 cm³/mol. The number of nitrogens with two attached hydrogens (primary N) is 1. The van der Waals surface area contributed by atoms with Crippen molar-refractivity contribution in [2.45, 2.75) is 12.5 Å². The molecule has 1 aromatic heterocycles. The van der Waals surface area contributed by atoms with E-state index < -0.39 is 5.91 Å². The van der Waals surface area contributed by atoms with Crippen LogP contribution in [-0.4, -0.2) is 35.0 Å². The van der Waals surface area contributed by atoms with Crippen LogP contribution in [0.2, 0.25) is 5.02 Å². The molecule has 138 valence electrons. The van der Waals surface area contributed by atoms with E-state index in [0.29, 0.717) is 28.5 Å². The molecule has 2 heterocycles. The van der Waals surface area contributed by atoms with Crippen molar-refractivity contribution in [1.29, 1.82) is 0 Å². The summed E-state index contributed by atoms with van der Waals surface area (Å²) >= 11 is 5.96. The molecule has 0 saturated carbocycles. The first-order valence-electron chi connectivity index (χ1n) is 8.52. The first-order chi connectivity index (χ1) is 13.0. The van der Waals surface area contributed by atoms with Crippen LogP contribution in [0.5, 0.6) is 0 Å². The van der Waals surface area contributed by atoms with Crippen molar-refractivity contribution >= 4 is 39.9 Å². The number of amides is 1. The minimum atomic E-state index is -0.528. The Kier molecular flexibility index (Phi) is 4.53. The van der Waals surface area contributed by atoms with E-state index in [1.165, 1.54) is 18.5 Å². The Bertz CT molecular complexity index is 1010. The molecule has 0 radical (unpaired) electrons. The van der Waals surface area contributed by atoms with Crippen LogP contribution >= 0.6 is 11.6 Å². The highest BCUT2D eigenvalue weighted by atomic mass is 35.5. The van der Waals surface area contributed by atoms with Crippen molar-refractivity contribution in [2.24, 2.45) is 5.73 Å². The highest BCUT2D eigenvalue weighted by Gasteiger charge is 2.24. The van der Waals surface area contributed by atoms with E-state index in [2.05, 4.69) is 20.2 Å². The number of nitrogens with zero attached hydrogens (tertiary/aromatic N) is 3. The summed E-state index contributed by atoms with van der Waals surface area (Å²) in [5, 5.41) is 4.52. The summed E-state index contributed by atoms with van der Waals surface area (Å²) in [5.41, 5.74) is 7.07. The number of aromatic nitrogens is 2. The predicted octanol–water partition coefficient (Wildman–Crippen LogP) is 3.21. The number of carbonyl (C=O) groups is 1. The summed E-state index contributed by atoms with van der Waals surface area (Å²) < 4.78 is 13.6. The zero-order chi connectivity index (χ0) is 19.0. The van der Waals surface area contributed by atoms with Crippen molar-refractivity contribution in [1.82, 2.24) is 9.97 Å². The second-order valence-corrected chi connectivity index (χ2v) is 6.93. The van der Waals surface area contributed by atoms with E-state index in [1.807, 2.05) is 6.07 Å². The van der Waals surface area contributed by atoms with Crippen LogP contribution in [0.25, 0.3) is 10.9 Å². The van der Waals surface area contributed by atoms with E-state index in [1.54, 1.807) is 18.2 Å². The zero-order valence-corrected chi connectivity index (χ0v) is 15.1. The molecular formula is C19H17ClFN5O. The molecule has 2 aromatic carbocycles. The van der Waals surface area contributed by atoms with Crippen LogP contribution in [0.3, 0.4) is 0 Å². The first kappa shape index (κ1) is 17.5. The van der Waals surface area contributed by atoms with Gasteiger partial charge >= 0.3 is 0 Å². The van der Waals surface area contributed by atoms with E-state index in [0.717, 1.165) is 24.0 Å². The van der Waals surface area contributed by atoms with Crippen LogP contribution in [0.4, 0.5) is 15.9 Å². The molecule has 3 N–H and O–H groups in total. The molecule has 0 bridgehead atoms. The number of anilines is 2. The number of halogens is 2. The van der Waals surface area contributed by atoms with E-state index >= 15 is 0 Å². The molecule has 1 amide bonds. The first-order valence-corrected chi connectivity index (χ1v) is 8.90. The average molecular weight is 386 g/mol. The second-order valence-electron chi connectivity index (χ2n) is 6.49. The SMILES string of the molecule is NC(=O)c1cccc2c(NC3CCN(c4cc(F)cc(Cl)c4)C3)ncnc12. The van der Waals surface area contributed by atoms with Crippen LogP contribution in [-0.2, 0) is 0 Å². The smallest absolute Gasteiger partial charge is 0.250 e. The Hall–Kier alpha value is -2.93. The molecule has 1 fully saturated rings. The lowest BCUT2D eigenvalue weighted by Crippen LogP contribution is -2.26. The van der Waals surface area contributed by atoms with Gasteiger partial charge in [-0.2, -0.15) is 0 Å². The molecular weight excluding hydrogens is 369 g/mol. The van der Waals surface area contributed by atoms with Gasteiger partial charge < -0.3 is 16.0 Å². The number of benzene rings is 2. The number of nitrogens with one attached hydrogen (secondary N) is 1. The number of primary amides is 1. The third kappa shape index (κ3) is 3.50. The third-order valence-corrected chi connectivity index (χ3v) is 4.89. The van der Waals surface area contributed by atoms with Crippen molar-refractivity contribution in [3.63, 3.8) is 0 Å². The lowest BCUT2D eigenvalue weighted by Gasteiger charge is -2.20. The average Bonchev–Trinajstić information content (AvgIpc) is 3.09. The summed E-state index contributed by atoms with van der Waals surface area (Å²) in [7, 11) is 0. The minimum Gasteiger partial charge on any atom is -0.369 e. The van der Waals surface area contributed by atoms with Gasteiger partial charge in [0.25, 0.3) is 5.91 Å². The number of para-hydroxylation sites is 1. The Morgan fingerprint density at radius 2 is 2.15 bits per heavy atom. The van der Waals surface area contributed by atoms with Gasteiger partial charge in [0.05, 0.1) is 11.1 Å². The summed E-state index contributed by atoms with van der Waals surface area (Å²) in [6, 6.07) is 9.89. The molecule has 0 aliphatic carbocycles. The largest absolute Gasteiger partial charge is 0.369 e. The molecule has 8 heteroatoms. The summed E-state index contributed by atoms with van der Waals surface area (Å²) in [6.07, 6.45) is 2.27. The maximum Gasteiger partial charge on any atom is 0.250 e. The van der Waals surface area contributed by atoms with Crippen LogP contribution < -0.4 is 16.0 Å². The normalized spacial score (nSPS) is 16.7. The number of carbonyl (C=O) groups excluding carboxylic acids is 1. The number of rotatable bonds is 4. The molecule has 1 unspecified atom stereocenters. The Labute approximate surface area is 160 Å². The fraction of sp³-hybridized carbons (Fsp3) is 0.211. The topological polar surface area (TPSA) is 84.1 Å². The van der Waals surface area contributed by atoms with Gasteiger partial charge in [0.2, 0.25) is 0 Å². The fourth-order valence-corrected chi connectivity index (χ4v) is 3.65. The Morgan fingerprint density at radius 3 is 2.93 bits per heavy atom. The second kappa shape index (κ2) is 7.00. The molecule has 1 aliphatic rings. The molecule has 4 rings (SSSR count). The van der Waals surface area contributed by atoms with Crippen molar-refractivity contribution in [2.75, 3.05) is 23.3 Å². The van der Waals surface area contributed by atoms with Crippen LogP contribution in [0.1, 0.15) is 16.8 Å². The molecule has 6 nitrogen and oxygen atoms in total. The number of fused-ring (bicyclic) bond motifs is 1. The number of hydrogen-bond acceptors (Lipinski definition) is 5.